The van der Waals surface area contributed by atoms with Crippen LogP contribution in [0.4, 0.5) is 11.4 Å². The van der Waals surface area contributed by atoms with Gasteiger partial charge in [-0.1, -0.05) is 65.3 Å². The van der Waals surface area contributed by atoms with Crippen molar-refractivity contribution < 1.29 is 14.0 Å². The van der Waals surface area contributed by atoms with Crippen molar-refractivity contribution in [1.82, 2.24) is 4.98 Å². The van der Waals surface area contributed by atoms with Gasteiger partial charge in [-0.15, -0.1) is 11.3 Å². The second kappa shape index (κ2) is 12.7. The molecular formula is C33H44ClN3O3SSi. The summed E-state index contributed by atoms with van der Waals surface area (Å²) in [6, 6.07) is 13.8. The highest BCUT2D eigenvalue weighted by atomic mass is 35.5. The van der Waals surface area contributed by atoms with Crippen molar-refractivity contribution in [3.8, 4) is 16.3 Å². The van der Waals surface area contributed by atoms with Crippen LogP contribution in [0.15, 0.2) is 42.5 Å². The molecule has 2 aliphatic heterocycles. The average molecular weight is 626 g/mol. The minimum atomic E-state index is -1.90. The number of methoxy groups -OCH3 is 1. The average Bonchev–Trinajstić information content (AvgIpc) is 3.41. The van der Waals surface area contributed by atoms with Crippen LogP contribution in [0.5, 0.6) is 5.75 Å². The van der Waals surface area contributed by atoms with Gasteiger partial charge in [0, 0.05) is 54.5 Å². The number of rotatable bonds is 9. The van der Waals surface area contributed by atoms with Gasteiger partial charge in [0.15, 0.2) is 0 Å². The Hall–Kier alpha value is -2.39. The smallest absolute Gasteiger partial charge is 0.270 e. The molecule has 3 aromatic rings. The molecule has 0 N–H and O–H groups in total. The molecule has 0 radical (unpaired) electrons. The summed E-state index contributed by atoms with van der Waals surface area (Å²) < 4.78 is 13.0. The van der Waals surface area contributed by atoms with Crippen LogP contribution in [0, 0.1) is 0 Å². The first-order chi connectivity index (χ1) is 20.0. The number of fused-ring (bicyclic) bond motifs is 1. The van der Waals surface area contributed by atoms with Gasteiger partial charge in [-0.25, -0.2) is 4.98 Å². The van der Waals surface area contributed by atoms with E-state index in [9.17, 15) is 4.79 Å². The predicted octanol–water partition coefficient (Wildman–Crippen LogP) is 8.84. The molecule has 1 amide bonds. The summed E-state index contributed by atoms with van der Waals surface area (Å²) >= 11 is 7.51. The number of nitrogens with zero attached hydrogens (tertiary/aromatic N) is 3. The Morgan fingerprint density at radius 1 is 0.952 bits per heavy atom. The summed E-state index contributed by atoms with van der Waals surface area (Å²) in [6.45, 7) is 16.6. The number of hydrogen-bond acceptors (Lipinski definition) is 6. The lowest BCUT2D eigenvalue weighted by atomic mass is 10.1. The van der Waals surface area contributed by atoms with E-state index in [2.05, 4.69) is 58.6 Å². The molecule has 1 saturated heterocycles. The number of benzene rings is 2. The van der Waals surface area contributed by atoms with Crippen molar-refractivity contribution in [2.45, 2.75) is 83.5 Å². The summed E-state index contributed by atoms with van der Waals surface area (Å²) in [5.41, 5.74) is 5.55. The highest BCUT2D eigenvalue weighted by Gasteiger charge is 2.47. The summed E-state index contributed by atoms with van der Waals surface area (Å²) in [5, 5.41) is 1.53. The highest BCUT2D eigenvalue weighted by molar-refractivity contribution is 7.17. The third-order valence-corrected chi connectivity index (χ3v) is 16.7. The van der Waals surface area contributed by atoms with Crippen molar-refractivity contribution >= 4 is 48.5 Å². The van der Waals surface area contributed by atoms with Crippen LogP contribution < -0.4 is 14.5 Å². The number of thiazole rings is 1. The van der Waals surface area contributed by atoms with Gasteiger partial charge >= 0.3 is 0 Å². The van der Waals surface area contributed by atoms with Crippen LogP contribution in [0.1, 0.15) is 69.7 Å². The second-order valence-corrected chi connectivity index (χ2v) is 19.3. The van der Waals surface area contributed by atoms with Crippen LogP contribution in [0.25, 0.3) is 10.6 Å². The molecule has 2 aliphatic rings. The van der Waals surface area contributed by atoms with Gasteiger partial charge in [-0.05, 0) is 53.7 Å². The molecule has 226 valence electrons. The summed E-state index contributed by atoms with van der Waals surface area (Å²) in [6.07, 6.45) is 3.06. The topological polar surface area (TPSA) is 54.9 Å². The Bertz CT molecular complexity index is 1380. The van der Waals surface area contributed by atoms with Gasteiger partial charge in [0.2, 0.25) is 8.32 Å². The fourth-order valence-electron chi connectivity index (χ4n) is 7.10. The normalized spacial score (nSPS) is 16.6. The van der Waals surface area contributed by atoms with Gasteiger partial charge in [0.1, 0.15) is 15.6 Å². The van der Waals surface area contributed by atoms with E-state index in [1.807, 2.05) is 35.2 Å². The fraction of sp³-hybridized carbons (Fsp3) is 0.515. The van der Waals surface area contributed by atoms with E-state index in [4.69, 9.17) is 25.7 Å². The van der Waals surface area contributed by atoms with E-state index in [1.54, 1.807) is 7.11 Å². The molecule has 0 unspecified atom stereocenters. The zero-order chi connectivity index (χ0) is 30.2. The lowest BCUT2D eigenvalue weighted by molar-refractivity contribution is 0.0984. The van der Waals surface area contributed by atoms with Gasteiger partial charge in [0.05, 0.1) is 18.5 Å². The molecule has 5 rings (SSSR count). The number of halogens is 1. The van der Waals surface area contributed by atoms with Crippen molar-refractivity contribution in [2.75, 3.05) is 36.5 Å². The Morgan fingerprint density at radius 2 is 1.60 bits per heavy atom. The number of amides is 1. The molecule has 6 nitrogen and oxygen atoms in total. The number of aromatic nitrogens is 1. The molecule has 1 aromatic heterocycles. The number of hydrogen-bond donors (Lipinski definition) is 0. The lowest BCUT2D eigenvalue weighted by Gasteiger charge is -2.46. The molecule has 0 atom stereocenters. The zero-order valence-corrected chi connectivity index (χ0v) is 28.5. The third kappa shape index (κ3) is 5.88. The summed E-state index contributed by atoms with van der Waals surface area (Å²) in [5.74, 6) is 0.793. The Balaban J connectivity index is 1.29. The van der Waals surface area contributed by atoms with E-state index >= 15 is 0 Å². The van der Waals surface area contributed by atoms with Gasteiger partial charge in [0.25, 0.3) is 5.91 Å². The quantitative estimate of drug-likeness (QED) is 0.222. The predicted molar refractivity (Wildman–Crippen MR) is 178 cm³/mol. The molecule has 0 saturated carbocycles. The van der Waals surface area contributed by atoms with Crippen LogP contribution in [-0.4, -0.2) is 52.1 Å². The largest absolute Gasteiger partial charge is 0.495 e. The number of carbonyl (C=O) groups excluding carboxylic acids is 1. The minimum absolute atomic E-state index is 0.00478. The first-order valence-corrected chi connectivity index (χ1v) is 18.6. The van der Waals surface area contributed by atoms with Crippen molar-refractivity contribution in [2.24, 2.45) is 0 Å². The maximum absolute atomic E-state index is 13.6. The number of carbonyl (C=O) groups is 1. The van der Waals surface area contributed by atoms with E-state index in [0.29, 0.717) is 39.2 Å². The van der Waals surface area contributed by atoms with Gasteiger partial charge < -0.3 is 19.0 Å². The molecule has 0 spiro atoms. The standard InChI is InChI=1S/C33H44ClN3O3SSi/c1-21(2)42(22(3)4,23(5)6)40-27-14-17-36(18-15-27)29-13-12-26(20-30(29)39-7)37-19-16-28-31(33(37)38)41-32(35-28)24-8-10-25(34)11-9-24/h8-13,20-23,27H,14-19H2,1-7H3. The lowest BCUT2D eigenvalue weighted by Crippen LogP contribution is -2.52. The van der Waals surface area contributed by atoms with Crippen molar-refractivity contribution in [3.63, 3.8) is 0 Å². The van der Waals surface area contributed by atoms with Crippen molar-refractivity contribution in [1.29, 1.82) is 0 Å². The van der Waals surface area contributed by atoms with E-state index in [-0.39, 0.29) is 5.91 Å². The van der Waals surface area contributed by atoms with Crippen molar-refractivity contribution in [3.05, 3.63) is 58.1 Å². The molecular weight excluding hydrogens is 582 g/mol. The Labute approximate surface area is 261 Å². The molecule has 42 heavy (non-hydrogen) atoms. The maximum atomic E-state index is 13.6. The Kier molecular flexibility index (Phi) is 9.38. The molecule has 2 aromatic carbocycles. The zero-order valence-electron chi connectivity index (χ0n) is 25.9. The second-order valence-electron chi connectivity index (χ2n) is 12.5. The number of ether oxygens (including phenoxy) is 1. The number of piperidine rings is 1. The van der Waals surface area contributed by atoms with Crippen LogP contribution in [0.2, 0.25) is 21.6 Å². The summed E-state index contributed by atoms with van der Waals surface area (Å²) in [7, 11) is -0.190. The van der Waals surface area contributed by atoms with Crippen LogP contribution >= 0.6 is 22.9 Å². The minimum Gasteiger partial charge on any atom is -0.495 e. The van der Waals surface area contributed by atoms with E-state index < -0.39 is 8.32 Å². The molecule has 1 fully saturated rings. The molecule has 9 heteroatoms. The first-order valence-electron chi connectivity index (χ1n) is 15.2. The van der Waals surface area contributed by atoms with Gasteiger partial charge in [-0.3, -0.25) is 4.79 Å². The first kappa shape index (κ1) is 31.0. The third-order valence-electron chi connectivity index (χ3n) is 9.14. The summed E-state index contributed by atoms with van der Waals surface area (Å²) in [4.78, 5) is 23.4. The molecule has 0 aliphatic carbocycles. The molecule has 3 heterocycles. The van der Waals surface area contributed by atoms with Crippen LogP contribution in [0.3, 0.4) is 0 Å². The fourth-order valence-corrected chi connectivity index (χ4v) is 13.9. The monoisotopic (exact) mass is 625 g/mol. The number of anilines is 2. The maximum Gasteiger partial charge on any atom is 0.270 e. The molecule has 0 bridgehead atoms. The van der Waals surface area contributed by atoms with E-state index in [1.165, 1.54) is 11.3 Å². The van der Waals surface area contributed by atoms with E-state index in [0.717, 1.165) is 65.7 Å². The highest BCUT2D eigenvalue weighted by Crippen LogP contribution is 2.44. The Morgan fingerprint density at radius 3 is 2.19 bits per heavy atom. The van der Waals surface area contributed by atoms with Crippen LogP contribution in [-0.2, 0) is 10.8 Å². The van der Waals surface area contributed by atoms with Gasteiger partial charge in [-0.2, -0.15) is 0 Å². The SMILES string of the molecule is COc1cc(N2CCc3nc(-c4ccc(Cl)cc4)sc3C2=O)ccc1N1CCC(O[Si](C(C)C)(C(C)C)C(C)C)CC1.